The lowest BCUT2D eigenvalue weighted by Crippen LogP contribution is -2.11. The molecule has 0 aliphatic heterocycles. The molecule has 0 fully saturated rings. The van der Waals surface area contributed by atoms with Crippen molar-refractivity contribution in [3.8, 4) is 0 Å². The first-order valence-corrected chi connectivity index (χ1v) is 8.81. The summed E-state index contributed by atoms with van der Waals surface area (Å²) in [6, 6.07) is 17.4. The summed E-state index contributed by atoms with van der Waals surface area (Å²) < 4.78 is 16.6. The summed E-state index contributed by atoms with van der Waals surface area (Å²) >= 11 is 0. The molecule has 0 unspecified atom stereocenters. The van der Waals surface area contributed by atoms with Crippen LogP contribution < -0.4 is 11.1 Å². The molecule has 0 saturated heterocycles. The molecule has 0 bridgehead atoms. The number of rotatable bonds is 4. The van der Waals surface area contributed by atoms with Gasteiger partial charge in [0.25, 0.3) is 0 Å². The fraction of sp³-hybridized carbons (Fsp3) is 0.0909. The maximum absolute atomic E-state index is 14.8. The number of nitrogens with zero attached hydrogens (tertiary/aromatic N) is 1. The second kappa shape index (κ2) is 6.81. The van der Waals surface area contributed by atoms with E-state index < -0.39 is 5.91 Å². The van der Waals surface area contributed by atoms with Crippen LogP contribution in [0.5, 0.6) is 0 Å². The lowest BCUT2D eigenvalue weighted by atomic mass is 10.1. The number of nitrogens with two attached hydrogens (primary N) is 1. The summed E-state index contributed by atoms with van der Waals surface area (Å²) in [5, 5.41) is 4.03. The second-order valence-corrected chi connectivity index (χ2v) is 6.67. The van der Waals surface area contributed by atoms with Crippen molar-refractivity contribution in [3.05, 3.63) is 77.6 Å². The number of carbonyl (C=O) groups is 2. The Morgan fingerprint density at radius 1 is 1.07 bits per heavy atom. The average Bonchev–Trinajstić information content (AvgIpc) is 2.97. The summed E-state index contributed by atoms with van der Waals surface area (Å²) in [4.78, 5) is 23.3. The number of amides is 2. The highest BCUT2D eigenvalue weighted by atomic mass is 19.1. The first kappa shape index (κ1) is 17.7. The van der Waals surface area contributed by atoms with Crippen LogP contribution in [0.3, 0.4) is 0 Å². The number of hydrogen-bond acceptors (Lipinski definition) is 2. The zero-order valence-electron chi connectivity index (χ0n) is 15.2. The third-order valence-electron chi connectivity index (χ3n) is 4.71. The number of nitrogens with one attached hydrogen (secondary N) is 1. The fourth-order valence-corrected chi connectivity index (χ4v) is 3.66. The summed E-state index contributed by atoms with van der Waals surface area (Å²) in [5.41, 5.74) is 8.61. The molecule has 2 amide bonds. The second-order valence-electron chi connectivity index (χ2n) is 6.67. The lowest BCUT2D eigenvalue weighted by molar-refractivity contribution is -0.114. The highest BCUT2D eigenvalue weighted by Crippen LogP contribution is 2.33. The molecule has 0 atom stereocenters. The Morgan fingerprint density at radius 2 is 1.82 bits per heavy atom. The van der Waals surface area contributed by atoms with Crippen molar-refractivity contribution in [1.82, 2.24) is 4.57 Å². The molecule has 0 radical (unpaired) electrons. The molecule has 0 aliphatic rings. The van der Waals surface area contributed by atoms with Gasteiger partial charge in [0.15, 0.2) is 0 Å². The van der Waals surface area contributed by atoms with Crippen molar-refractivity contribution in [3.63, 3.8) is 0 Å². The first-order valence-electron chi connectivity index (χ1n) is 8.81. The van der Waals surface area contributed by atoms with Crippen LogP contribution in [0.4, 0.5) is 10.1 Å². The number of fused-ring (bicyclic) bond motifs is 3. The largest absolute Gasteiger partial charge is 0.366 e. The van der Waals surface area contributed by atoms with Crippen molar-refractivity contribution >= 4 is 39.3 Å². The number of benzene rings is 3. The maximum Gasteiger partial charge on any atom is 0.249 e. The highest BCUT2D eigenvalue weighted by molar-refractivity contribution is 6.18. The SMILES string of the molecule is CC(=O)Nc1cccc(Cn2c3cccc(C(N)=O)c3c3cccc(F)c32)c1. The summed E-state index contributed by atoms with van der Waals surface area (Å²) in [6.45, 7) is 1.82. The Hall–Kier alpha value is -3.67. The van der Waals surface area contributed by atoms with E-state index in [-0.39, 0.29) is 11.7 Å². The topological polar surface area (TPSA) is 77.1 Å². The summed E-state index contributed by atoms with van der Waals surface area (Å²) in [5.74, 6) is -1.09. The van der Waals surface area contributed by atoms with Crippen LogP contribution in [0.15, 0.2) is 60.7 Å². The number of hydrogen-bond donors (Lipinski definition) is 2. The van der Waals surface area contributed by atoms with Crippen LogP contribution in [0.2, 0.25) is 0 Å². The van der Waals surface area contributed by atoms with Crippen molar-refractivity contribution in [2.24, 2.45) is 5.73 Å². The normalized spacial score (nSPS) is 11.1. The van der Waals surface area contributed by atoms with Crippen LogP contribution in [-0.4, -0.2) is 16.4 Å². The van der Waals surface area contributed by atoms with Crippen molar-refractivity contribution < 1.29 is 14.0 Å². The van der Waals surface area contributed by atoms with Gasteiger partial charge in [-0.3, -0.25) is 9.59 Å². The van der Waals surface area contributed by atoms with E-state index in [1.165, 1.54) is 13.0 Å². The van der Waals surface area contributed by atoms with Crippen LogP contribution in [0, 0.1) is 5.82 Å². The molecule has 6 heteroatoms. The molecule has 3 aromatic carbocycles. The molecule has 28 heavy (non-hydrogen) atoms. The van der Waals surface area contributed by atoms with E-state index in [9.17, 15) is 14.0 Å². The Kier molecular flexibility index (Phi) is 4.31. The molecular formula is C22H18FN3O2. The number of anilines is 1. The molecule has 1 aromatic heterocycles. The van der Waals surface area contributed by atoms with Crippen LogP contribution in [0.25, 0.3) is 21.8 Å². The van der Waals surface area contributed by atoms with Gasteiger partial charge in [-0.05, 0) is 35.9 Å². The van der Waals surface area contributed by atoms with E-state index >= 15 is 0 Å². The van der Waals surface area contributed by atoms with Crippen molar-refractivity contribution in [2.45, 2.75) is 13.5 Å². The van der Waals surface area contributed by atoms with Crippen LogP contribution >= 0.6 is 0 Å². The minimum Gasteiger partial charge on any atom is -0.366 e. The number of primary amides is 1. The molecule has 0 spiro atoms. The zero-order valence-corrected chi connectivity index (χ0v) is 15.2. The Balaban J connectivity index is 1.95. The van der Waals surface area contributed by atoms with Gasteiger partial charge in [-0.1, -0.05) is 30.3 Å². The molecule has 140 valence electrons. The third-order valence-corrected chi connectivity index (χ3v) is 4.71. The van der Waals surface area contributed by atoms with Crippen molar-refractivity contribution in [2.75, 3.05) is 5.32 Å². The van der Waals surface area contributed by atoms with Gasteiger partial charge in [-0.2, -0.15) is 0 Å². The molecular weight excluding hydrogens is 357 g/mol. The lowest BCUT2D eigenvalue weighted by Gasteiger charge is -2.10. The average molecular weight is 375 g/mol. The van der Waals surface area contributed by atoms with Gasteiger partial charge in [0.2, 0.25) is 11.8 Å². The molecule has 1 heterocycles. The molecule has 0 saturated carbocycles. The summed E-state index contributed by atoms with van der Waals surface area (Å²) in [6.07, 6.45) is 0. The van der Waals surface area contributed by atoms with E-state index in [1.807, 2.05) is 28.8 Å². The molecule has 4 rings (SSSR count). The van der Waals surface area contributed by atoms with Crippen molar-refractivity contribution in [1.29, 1.82) is 0 Å². The third kappa shape index (κ3) is 2.99. The minimum atomic E-state index is -0.554. The van der Waals surface area contributed by atoms with Gasteiger partial charge in [-0.25, -0.2) is 4.39 Å². The van der Waals surface area contributed by atoms with E-state index in [4.69, 9.17) is 5.73 Å². The van der Waals surface area contributed by atoms with Gasteiger partial charge in [0.05, 0.1) is 11.0 Å². The van der Waals surface area contributed by atoms with Gasteiger partial charge in [-0.15, -0.1) is 0 Å². The fourth-order valence-electron chi connectivity index (χ4n) is 3.66. The molecule has 3 N–H and O–H groups in total. The standard InChI is InChI=1S/C22H18FN3O2/c1-13(27)25-15-6-2-5-14(11-15)12-26-19-10-4-8-17(22(24)28)20(19)16-7-3-9-18(23)21(16)26/h2-11H,12H2,1H3,(H2,24,28)(H,25,27). The van der Waals surface area contributed by atoms with E-state index in [2.05, 4.69) is 5.32 Å². The number of para-hydroxylation sites is 1. The predicted molar refractivity (Wildman–Crippen MR) is 108 cm³/mol. The number of aromatic nitrogens is 1. The van der Waals surface area contributed by atoms with E-state index in [1.54, 1.807) is 30.3 Å². The van der Waals surface area contributed by atoms with Crippen LogP contribution in [-0.2, 0) is 11.3 Å². The minimum absolute atomic E-state index is 0.161. The Bertz CT molecular complexity index is 1240. The van der Waals surface area contributed by atoms with Gasteiger partial charge in [0.1, 0.15) is 5.82 Å². The number of halogens is 1. The maximum atomic E-state index is 14.8. The monoisotopic (exact) mass is 375 g/mol. The van der Waals surface area contributed by atoms with E-state index in [0.29, 0.717) is 34.1 Å². The Morgan fingerprint density at radius 3 is 2.57 bits per heavy atom. The molecule has 5 nitrogen and oxygen atoms in total. The van der Waals surface area contributed by atoms with E-state index in [0.717, 1.165) is 11.1 Å². The number of carbonyl (C=O) groups excluding carboxylic acids is 2. The van der Waals surface area contributed by atoms with Gasteiger partial charge < -0.3 is 15.6 Å². The van der Waals surface area contributed by atoms with Gasteiger partial charge in [0, 0.05) is 35.5 Å². The predicted octanol–water partition coefficient (Wildman–Crippen LogP) is 4.04. The Labute approximate surface area is 160 Å². The molecule has 0 aliphatic carbocycles. The highest BCUT2D eigenvalue weighted by Gasteiger charge is 2.18. The zero-order chi connectivity index (χ0) is 19.8. The first-order chi connectivity index (χ1) is 13.5. The van der Waals surface area contributed by atoms with Crippen LogP contribution in [0.1, 0.15) is 22.8 Å². The quantitative estimate of drug-likeness (QED) is 0.565. The van der Waals surface area contributed by atoms with Gasteiger partial charge >= 0.3 is 0 Å². The molecule has 4 aromatic rings. The summed E-state index contributed by atoms with van der Waals surface area (Å²) in [7, 11) is 0. The smallest absolute Gasteiger partial charge is 0.249 e.